The molecule has 0 aliphatic carbocycles. The van der Waals surface area contributed by atoms with Crippen molar-refractivity contribution >= 4 is 23.3 Å². The van der Waals surface area contributed by atoms with Gasteiger partial charge >= 0.3 is 0 Å². The van der Waals surface area contributed by atoms with Crippen LogP contribution in [0.2, 0.25) is 0 Å². The Morgan fingerprint density at radius 3 is 2.51 bits per heavy atom. The van der Waals surface area contributed by atoms with Gasteiger partial charge in [-0.05, 0) is 42.3 Å². The first-order chi connectivity index (χ1) is 16.9. The predicted octanol–water partition coefficient (Wildman–Crippen LogP) is 2.96. The number of hydrogen-bond donors (Lipinski definition) is 0. The van der Waals surface area contributed by atoms with E-state index in [9.17, 15) is 14.4 Å². The topological polar surface area (TPSA) is 79.4 Å². The van der Waals surface area contributed by atoms with Gasteiger partial charge < -0.3 is 19.3 Å². The van der Waals surface area contributed by atoms with Crippen LogP contribution in [0.4, 0.5) is 5.69 Å². The molecule has 1 saturated heterocycles. The molecule has 0 saturated carbocycles. The van der Waals surface area contributed by atoms with Gasteiger partial charge in [0.2, 0.25) is 5.91 Å². The number of ether oxygens (including phenoxy) is 2. The predicted molar refractivity (Wildman–Crippen MR) is 133 cm³/mol. The highest BCUT2D eigenvalue weighted by molar-refractivity contribution is 6.04. The average Bonchev–Trinajstić information content (AvgIpc) is 2.88. The molecule has 0 N–H and O–H groups in total. The fourth-order valence-corrected chi connectivity index (χ4v) is 4.41. The van der Waals surface area contributed by atoms with Crippen molar-refractivity contribution in [3.63, 3.8) is 0 Å². The van der Waals surface area contributed by atoms with Gasteiger partial charge in [-0.2, -0.15) is 0 Å². The smallest absolute Gasteiger partial charge is 0.265 e. The Balaban J connectivity index is 1.46. The maximum absolute atomic E-state index is 13.0. The Hall–Kier alpha value is -3.39. The van der Waals surface area contributed by atoms with E-state index in [1.165, 1.54) is 4.90 Å². The standard InChI is InChI=1S/C27H33N3O5/c1-4-28-11-13-29(14-12-28)26(32)16-30-22-15-20(9-10-25(22)35-18-27(30)33)23(31)17-34-24-8-6-5-7-21(24)19(2)3/h5-10,15,19H,4,11-14,16-18H2,1-3H3. The summed E-state index contributed by atoms with van der Waals surface area (Å²) in [5.74, 6) is 0.811. The van der Waals surface area contributed by atoms with E-state index < -0.39 is 0 Å². The lowest BCUT2D eigenvalue weighted by molar-refractivity contribution is -0.133. The number of carbonyl (C=O) groups is 3. The first kappa shape index (κ1) is 24.7. The van der Waals surface area contributed by atoms with Crippen molar-refractivity contribution in [1.82, 2.24) is 9.80 Å². The Labute approximate surface area is 206 Å². The lowest BCUT2D eigenvalue weighted by Crippen LogP contribution is -2.52. The van der Waals surface area contributed by atoms with Gasteiger partial charge in [0.1, 0.15) is 18.0 Å². The minimum absolute atomic E-state index is 0.0722. The quantitative estimate of drug-likeness (QED) is 0.542. The van der Waals surface area contributed by atoms with Crippen LogP contribution in [-0.2, 0) is 9.59 Å². The normalized spacial score (nSPS) is 16.2. The molecule has 186 valence electrons. The van der Waals surface area contributed by atoms with Crippen molar-refractivity contribution in [2.24, 2.45) is 0 Å². The summed E-state index contributed by atoms with van der Waals surface area (Å²) < 4.78 is 11.4. The molecule has 2 aliphatic rings. The molecule has 0 bridgehead atoms. The summed E-state index contributed by atoms with van der Waals surface area (Å²) in [6.07, 6.45) is 0. The molecule has 8 nitrogen and oxygen atoms in total. The van der Waals surface area contributed by atoms with E-state index in [1.54, 1.807) is 23.1 Å². The Kier molecular flexibility index (Phi) is 7.70. The first-order valence-corrected chi connectivity index (χ1v) is 12.2. The van der Waals surface area contributed by atoms with Gasteiger partial charge in [-0.15, -0.1) is 0 Å². The highest BCUT2D eigenvalue weighted by Gasteiger charge is 2.30. The molecule has 4 rings (SSSR count). The zero-order chi connectivity index (χ0) is 24.9. The number of rotatable bonds is 8. The number of ketones is 1. The van der Waals surface area contributed by atoms with Gasteiger partial charge in [-0.1, -0.05) is 39.0 Å². The van der Waals surface area contributed by atoms with Crippen molar-refractivity contribution in [2.45, 2.75) is 26.7 Å². The maximum Gasteiger partial charge on any atom is 0.265 e. The highest BCUT2D eigenvalue weighted by Crippen LogP contribution is 2.33. The van der Waals surface area contributed by atoms with E-state index in [-0.39, 0.29) is 43.3 Å². The maximum atomic E-state index is 13.0. The number of likely N-dealkylation sites (N-methyl/N-ethyl adjacent to an activating group) is 1. The second-order valence-corrected chi connectivity index (χ2v) is 9.17. The number of fused-ring (bicyclic) bond motifs is 1. The van der Waals surface area contributed by atoms with E-state index in [4.69, 9.17) is 9.47 Å². The molecule has 8 heteroatoms. The Bertz CT molecular complexity index is 1090. The summed E-state index contributed by atoms with van der Waals surface area (Å²) in [6.45, 7) is 9.82. The molecular weight excluding hydrogens is 446 g/mol. The van der Waals surface area contributed by atoms with E-state index in [2.05, 4.69) is 25.7 Å². The second kappa shape index (κ2) is 10.9. The van der Waals surface area contributed by atoms with Crippen LogP contribution in [0.1, 0.15) is 42.6 Å². The van der Waals surface area contributed by atoms with Gasteiger partial charge in [-0.3, -0.25) is 19.3 Å². The van der Waals surface area contributed by atoms with Crippen LogP contribution in [0.5, 0.6) is 11.5 Å². The van der Waals surface area contributed by atoms with Crippen LogP contribution < -0.4 is 14.4 Å². The molecule has 2 amide bonds. The third-order valence-corrected chi connectivity index (χ3v) is 6.59. The molecule has 0 radical (unpaired) electrons. The second-order valence-electron chi connectivity index (χ2n) is 9.17. The molecule has 35 heavy (non-hydrogen) atoms. The van der Waals surface area contributed by atoms with Gasteiger partial charge in [-0.25, -0.2) is 0 Å². The van der Waals surface area contributed by atoms with Crippen LogP contribution in [-0.4, -0.2) is 79.9 Å². The summed E-state index contributed by atoms with van der Waals surface area (Å²) in [5, 5.41) is 0. The molecule has 0 spiro atoms. The Morgan fingerprint density at radius 1 is 1.06 bits per heavy atom. The lowest BCUT2D eigenvalue weighted by Gasteiger charge is -2.36. The fourth-order valence-electron chi connectivity index (χ4n) is 4.41. The third kappa shape index (κ3) is 5.65. The van der Waals surface area contributed by atoms with Gasteiger partial charge in [0.15, 0.2) is 19.0 Å². The van der Waals surface area contributed by atoms with Crippen molar-refractivity contribution in [3.8, 4) is 11.5 Å². The number of piperazine rings is 1. The van der Waals surface area contributed by atoms with Crippen molar-refractivity contribution < 1.29 is 23.9 Å². The van der Waals surface area contributed by atoms with Crippen LogP contribution >= 0.6 is 0 Å². The van der Waals surface area contributed by atoms with E-state index in [0.717, 1.165) is 25.2 Å². The fraction of sp³-hybridized carbons (Fsp3) is 0.444. The molecule has 0 aromatic heterocycles. The molecule has 2 aliphatic heterocycles. The largest absolute Gasteiger partial charge is 0.485 e. The van der Waals surface area contributed by atoms with Gasteiger partial charge in [0.05, 0.1) is 5.69 Å². The van der Waals surface area contributed by atoms with Crippen LogP contribution in [0, 0.1) is 0 Å². The van der Waals surface area contributed by atoms with Crippen LogP contribution in [0.25, 0.3) is 0 Å². The van der Waals surface area contributed by atoms with E-state index in [0.29, 0.717) is 35.8 Å². The molecule has 2 aromatic carbocycles. The summed E-state index contributed by atoms with van der Waals surface area (Å²) in [5.41, 5.74) is 1.88. The number of carbonyl (C=O) groups excluding carboxylic acids is 3. The minimum Gasteiger partial charge on any atom is -0.485 e. The zero-order valence-electron chi connectivity index (χ0n) is 20.7. The zero-order valence-corrected chi connectivity index (χ0v) is 20.7. The van der Waals surface area contributed by atoms with Crippen molar-refractivity contribution in [3.05, 3.63) is 53.6 Å². The lowest BCUT2D eigenvalue weighted by atomic mass is 10.0. The average molecular weight is 480 g/mol. The minimum atomic E-state index is -0.301. The van der Waals surface area contributed by atoms with Crippen molar-refractivity contribution in [2.75, 3.05) is 57.4 Å². The number of para-hydroxylation sites is 1. The molecule has 0 atom stereocenters. The van der Waals surface area contributed by atoms with Crippen LogP contribution in [0.15, 0.2) is 42.5 Å². The SMILES string of the molecule is CCN1CCN(C(=O)CN2C(=O)COc3ccc(C(=O)COc4ccccc4C(C)C)cc32)CC1. The van der Waals surface area contributed by atoms with Crippen LogP contribution in [0.3, 0.4) is 0 Å². The van der Waals surface area contributed by atoms with Crippen molar-refractivity contribution in [1.29, 1.82) is 0 Å². The van der Waals surface area contributed by atoms with Gasteiger partial charge in [0, 0.05) is 31.7 Å². The number of benzene rings is 2. The number of amides is 2. The van der Waals surface area contributed by atoms with E-state index in [1.807, 2.05) is 24.3 Å². The molecular formula is C27H33N3O5. The summed E-state index contributed by atoms with van der Waals surface area (Å²) in [7, 11) is 0. The van der Waals surface area contributed by atoms with Gasteiger partial charge in [0.25, 0.3) is 5.91 Å². The number of nitrogens with zero attached hydrogens (tertiary/aromatic N) is 3. The molecule has 2 heterocycles. The number of hydrogen-bond acceptors (Lipinski definition) is 6. The molecule has 1 fully saturated rings. The molecule has 0 unspecified atom stereocenters. The highest BCUT2D eigenvalue weighted by atomic mass is 16.5. The Morgan fingerprint density at radius 2 is 1.80 bits per heavy atom. The van der Waals surface area contributed by atoms with E-state index >= 15 is 0 Å². The number of Topliss-reactive ketones (excluding diaryl/α,β-unsaturated/α-hetero) is 1. The summed E-state index contributed by atoms with van der Waals surface area (Å²) in [4.78, 5) is 44.1. The summed E-state index contributed by atoms with van der Waals surface area (Å²) >= 11 is 0. The monoisotopic (exact) mass is 479 g/mol. The number of anilines is 1. The molecule has 2 aromatic rings. The first-order valence-electron chi connectivity index (χ1n) is 12.2. The third-order valence-electron chi connectivity index (χ3n) is 6.59. The summed E-state index contributed by atoms with van der Waals surface area (Å²) in [6, 6.07) is 12.6.